The van der Waals surface area contributed by atoms with E-state index >= 15 is 0 Å². The normalized spacial score (nSPS) is 19.7. The predicted octanol–water partition coefficient (Wildman–Crippen LogP) is 0.957. The van der Waals surface area contributed by atoms with Crippen LogP contribution in [-0.2, 0) is 0 Å². The molecule has 1 saturated heterocycles. The van der Waals surface area contributed by atoms with Crippen molar-refractivity contribution < 1.29 is 0 Å². The Morgan fingerprint density at radius 3 is 3.00 bits per heavy atom. The van der Waals surface area contributed by atoms with Crippen LogP contribution in [0.3, 0.4) is 0 Å². The molecule has 5 nitrogen and oxygen atoms in total. The molecule has 1 aliphatic rings. The third-order valence-corrected chi connectivity index (χ3v) is 3.27. The minimum Gasteiger partial charge on any atom is -0.368 e. The number of nitrogens with two attached hydrogens (primary N) is 1. The Morgan fingerprint density at radius 1 is 1.65 bits per heavy atom. The summed E-state index contributed by atoms with van der Waals surface area (Å²) in [6, 6.07) is 2.50. The van der Waals surface area contributed by atoms with Gasteiger partial charge in [-0.2, -0.15) is 5.10 Å². The van der Waals surface area contributed by atoms with E-state index in [0.717, 1.165) is 38.3 Å². The summed E-state index contributed by atoms with van der Waals surface area (Å²) in [4.78, 5) is 0. The van der Waals surface area contributed by atoms with Crippen LogP contribution in [0.5, 0.6) is 0 Å². The Hall–Kier alpha value is -1.07. The van der Waals surface area contributed by atoms with E-state index in [1.54, 1.807) is 0 Å². The third-order valence-electron chi connectivity index (χ3n) is 3.27. The summed E-state index contributed by atoms with van der Waals surface area (Å²) in [6.07, 6.45) is 3.98. The second kappa shape index (κ2) is 5.06. The van der Waals surface area contributed by atoms with Crippen molar-refractivity contribution >= 4 is 5.82 Å². The maximum absolute atomic E-state index is 6.21. The Kier molecular flexibility index (Phi) is 3.69. The molecule has 1 unspecified atom stereocenters. The fourth-order valence-electron chi connectivity index (χ4n) is 2.14. The first-order chi connectivity index (χ1) is 8.12. The maximum atomic E-state index is 6.21. The molecule has 0 aromatic carbocycles. The molecular weight excluding hydrogens is 214 g/mol. The number of nitrogens with zero attached hydrogens (tertiary/aromatic N) is 2. The highest BCUT2D eigenvalue weighted by atomic mass is 15.4. The van der Waals surface area contributed by atoms with Gasteiger partial charge in [-0.1, -0.05) is 13.3 Å². The van der Waals surface area contributed by atoms with Gasteiger partial charge in [0.05, 0.1) is 12.2 Å². The summed E-state index contributed by atoms with van der Waals surface area (Å²) >= 11 is 0. The molecule has 0 aliphatic carbocycles. The quantitative estimate of drug-likeness (QED) is 0.689. The van der Waals surface area contributed by atoms with Gasteiger partial charge in [0.1, 0.15) is 5.82 Å². The summed E-state index contributed by atoms with van der Waals surface area (Å²) in [5.41, 5.74) is 6.06. The van der Waals surface area contributed by atoms with Crippen LogP contribution in [0.4, 0.5) is 5.82 Å². The first kappa shape index (κ1) is 12.4. The smallest absolute Gasteiger partial charge is 0.124 e. The van der Waals surface area contributed by atoms with Gasteiger partial charge in [0, 0.05) is 31.2 Å². The van der Waals surface area contributed by atoms with Crippen molar-refractivity contribution in [1.82, 2.24) is 15.1 Å². The lowest BCUT2D eigenvalue weighted by molar-refractivity contribution is 0.320. The second-order valence-corrected chi connectivity index (χ2v) is 5.23. The lowest BCUT2D eigenvalue weighted by atomic mass is 9.98. The summed E-state index contributed by atoms with van der Waals surface area (Å²) in [7, 11) is 0. The largest absolute Gasteiger partial charge is 0.368 e. The fourth-order valence-corrected chi connectivity index (χ4v) is 2.14. The molecule has 5 heteroatoms. The Morgan fingerprint density at radius 2 is 2.41 bits per heavy atom. The number of aromatic nitrogens is 2. The van der Waals surface area contributed by atoms with Gasteiger partial charge in [0.15, 0.2) is 0 Å². The van der Waals surface area contributed by atoms with Crippen LogP contribution in [0.15, 0.2) is 12.3 Å². The van der Waals surface area contributed by atoms with Crippen molar-refractivity contribution in [1.29, 1.82) is 0 Å². The molecule has 4 N–H and O–H groups in total. The Balaban J connectivity index is 1.92. The summed E-state index contributed by atoms with van der Waals surface area (Å²) < 4.78 is 2.05. The third kappa shape index (κ3) is 2.98. The molecule has 17 heavy (non-hydrogen) atoms. The van der Waals surface area contributed by atoms with Crippen LogP contribution in [0.2, 0.25) is 0 Å². The number of hydrogen-bond donors (Lipinski definition) is 3. The van der Waals surface area contributed by atoms with Gasteiger partial charge < -0.3 is 16.4 Å². The number of hydrogen-bond acceptors (Lipinski definition) is 4. The number of anilines is 1. The minimum atomic E-state index is -0.151. The topological polar surface area (TPSA) is 67.9 Å². The first-order valence-electron chi connectivity index (χ1n) is 6.39. The van der Waals surface area contributed by atoms with Gasteiger partial charge in [-0.05, 0) is 13.3 Å². The van der Waals surface area contributed by atoms with Crippen molar-refractivity contribution in [3.05, 3.63) is 12.3 Å². The zero-order valence-electron chi connectivity index (χ0n) is 10.7. The van der Waals surface area contributed by atoms with E-state index in [1.165, 1.54) is 0 Å². The monoisotopic (exact) mass is 237 g/mol. The molecule has 1 aromatic heterocycles. The van der Waals surface area contributed by atoms with E-state index in [1.807, 2.05) is 12.3 Å². The molecule has 0 radical (unpaired) electrons. The lowest BCUT2D eigenvalue weighted by Crippen LogP contribution is -2.45. The highest BCUT2D eigenvalue weighted by molar-refractivity contribution is 5.35. The molecule has 1 fully saturated rings. The van der Waals surface area contributed by atoms with Crippen molar-refractivity contribution in [2.24, 2.45) is 5.73 Å². The van der Waals surface area contributed by atoms with Crippen molar-refractivity contribution in [2.75, 3.05) is 25.0 Å². The molecule has 0 spiro atoms. The van der Waals surface area contributed by atoms with Gasteiger partial charge in [0.2, 0.25) is 0 Å². The Bertz CT molecular complexity index is 354. The van der Waals surface area contributed by atoms with E-state index in [4.69, 9.17) is 5.73 Å². The molecule has 2 heterocycles. The fraction of sp³-hybridized carbons (Fsp3) is 0.750. The van der Waals surface area contributed by atoms with E-state index in [-0.39, 0.29) is 5.54 Å². The average Bonchev–Trinajstić information content (AvgIpc) is 2.60. The highest BCUT2D eigenvalue weighted by Crippen LogP contribution is 2.18. The molecule has 1 aromatic rings. The molecule has 1 atom stereocenters. The van der Waals surface area contributed by atoms with Gasteiger partial charge in [-0.3, -0.25) is 0 Å². The minimum absolute atomic E-state index is 0.151. The summed E-state index contributed by atoms with van der Waals surface area (Å²) in [6.45, 7) is 7.05. The molecule has 0 saturated carbocycles. The zero-order valence-corrected chi connectivity index (χ0v) is 10.7. The van der Waals surface area contributed by atoms with E-state index in [2.05, 4.69) is 34.3 Å². The van der Waals surface area contributed by atoms with Crippen LogP contribution < -0.4 is 16.4 Å². The highest BCUT2D eigenvalue weighted by Gasteiger charge is 2.23. The van der Waals surface area contributed by atoms with Crippen molar-refractivity contribution in [3.8, 4) is 0 Å². The van der Waals surface area contributed by atoms with E-state index in [0.29, 0.717) is 6.04 Å². The molecule has 2 rings (SSSR count). The number of nitrogens with one attached hydrogen (secondary N) is 2. The second-order valence-electron chi connectivity index (χ2n) is 5.23. The molecule has 1 aliphatic heterocycles. The number of rotatable bonds is 6. The van der Waals surface area contributed by atoms with Gasteiger partial charge in [-0.15, -0.1) is 0 Å². The van der Waals surface area contributed by atoms with Crippen molar-refractivity contribution in [3.63, 3.8) is 0 Å². The predicted molar refractivity (Wildman–Crippen MR) is 70.1 cm³/mol. The standard InChI is InChI=1S/C12H23N5/c1-3-5-12(2,13)9-15-11-4-6-16-17(11)10-7-14-8-10/h4,6,10,14-15H,3,5,7-9,13H2,1-2H3. The molecule has 0 bridgehead atoms. The van der Waals surface area contributed by atoms with Crippen molar-refractivity contribution in [2.45, 2.75) is 38.3 Å². The maximum Gasteiger partial charge on any atom is 0.124 e. The van der Waals surface area contributed by atoms with Gasteiger partial charge in [-0.25, -0.2) is 4.68 Å². The summed E-state index contributed by atoms with van der Waals surface area (Å²) in [5.74, 6) is 1.07. The SMILES string of the molecule is CCCC(C)(N)CNc1ccnn1C1CNC1. The molecular formula is C12H23N5. The van der Waals surface area contributed by atoms with Crippen LogP contribution in [0.1, 0.15) is 32.7 Å². The van der Waals surface area contributed by atoms with Crippen LogP contribution >= 0.6 is 0 Å². The van der Waals surface area contributed by atoms with Gasteiger partial charge >= 0.3 is 0 Å². The first-order valence-corrected chi connectivity index (χ1v) is 6.39. The Labute approximate surface area is 103 Å². The van der Waals surface area contributed by atoms with Gasteiger partial charge in [0.25, 0.3) is 0 Å². The van der Waals surface area contributed by atoms with Crippen LogP contribution in [0, 0.1) is 0 Å². The molecule has 0 amide bonds. The van der Waals surface area contributed by atoms with E-state index < -0.39 is 0 Å². The average molecular weight is 237 g/mol. The summed E-state index contributed by atoms with van der Waals surface area (Å²) in [5, 5.41) is 11.0. The van der Waals surface area contributed by atoms with Crippen LogP contribution in [-0.4, -0.2) is 35.0 Å². The van der Waals surface area contributed by atoms with Crippen LogP contribution in [0.25, 0.3) is 0 Å². The molecule has 96 valence electrons. The van der Waals surface area contributed by atoms with E-state index in [9.17, 15) is 0 Å². The zero-order chi connectivity index (χ0) is 12.3. The lowest BCUT2D eigenvalue weighted by Gasteiger charge is -2.30.